The maximum atomic E-state index is 6.88. The number of rotatable bonds is 2. The van der Waals surface area contributed by atoms with Gasteiger partial charge in [-0.1, -0.05) is 88.7 Å². The molecule has 7 rings (SSSR count). The number of hydrogen-bond acceptors (Lipinski definition) is 3. The summed E-state index contributed by atoms with van der Waals surface area (Å²) in [5.74, 6) is 1.60. The lowest BCUT2D eigenvalue weighted by Crippen LogP contribution is -2.55. The molecule has 2 aliphatic heterocycles. The van der Waals surface area contributed by atoms with E-state index in [0.717, 1.165) is 48.0 Å². The van der Waals surface area contributed by atoms with E-state index in [2.05, 4.69) is 112 Å². The summed E-state index contributed by atoms with van der Waals surface area (Å²) in [6.07, 6.45) is 5.07. The number of benzene rings is 4. The maximum absolute atomic E-state index is 6.88. The summed E-state index contributed by atoms with van der Waals surface area (Å²) in [6.45, 7) is 0. The molecule has 4 aromatic rings. The first-order valence-corrected chi connectivity index (χ1v) is 13.4. The van der Waals surface area contributed by atoms with E-state index in [1.165, 1.54) is 27.5 Å². The Morgan fingerprint density at radius 2 is 1.63 bits per heavy atom. The fourth-order valence-corrected chi connectivity index (χ4v) is 6.73. The molecule has 0 radical (unpaired) electrons. The molecule has 0 saturated heterocycles. The van der Waals surface area contributed by atoms with Crippen LogP contribution in [-0.4, -0.2) is 16.4 Å². The minimum Gasteiger partial charge on any atom is -0.466 e. The predicted molar refractivity (Wildman–Crippen MR) is 145 cm³/mol. The minimum atomic E-state index is -0.386. The Morgan fingerprint density at radius 3 is 2.49 bits per heavy atom. The summed E-state index contributed by atoms with van der Waals surface area (Å²) >= 11 is 3.69. The largest absolute Gasteiger partial charge is 0.466 e. The van der Waals surface area contributed by atoms with E-state index in [-0.39, 0.29) is 11.8 Å². The van der Waals surface area contributed by atoms with Crippen molar-refractivity contribution in [3.63, 3.8) is 0 Å². The number of hydrazone groups is 1. The highest BCUT2D eigenvalue weighted by molar-refractivity contribution is 9.10. The molecule has 1 atom stereocenters. The van der Waals surface area contributed by atoms with Gasteiger partial charge in [0, 0.05) is 34.9 Å². The van der Waals surface area contributed by atoms with Gasteiger partial charge < -0.3 is 4.74 Å². The third kappa shape index (κ3) is 3.49. The van der Waals surface area contributed by atoms with Crippen LogP contribution in [0, 0.1) is 0 Å². The molecule has 1 spiro atoms. The molecule has 1 fully saturated rings. The van der Waals surface area contributed by atoms with Gasteiger partial charge in [0.05, 0.1) is 11.8 Å². The maximum Gasteiger partial charge on any atom is 0.198 e. The van der Waals surface area contributed by atoms with Crippen LogP contribution in [0.25, 0.3) is 10.8 Å². The zero-order chi connectivity index (χ0) is 23.4. The van der Waals surface area contributed by atoms with Gasteiger partial charge in [0.25, 0.3) is 0 Å². The van der Waals surface area contributed by atoms with E-state index < -0.39 is 0 Å². The van der Waals surface area contributed by atoms with Gasteiger partial charge >= 0.3 is 0 Å². The predicted octanol–water partition coefficient (Wildman–Crippen LogP) is 8.20. The first-order chi connectivity index (χ1) is 17.2. The van der Waals surface area contributed by atoms with Crippen molar-refractivity contribution in [3.8, 4) is 5.75 Å². The summed E-state index contributed by atoms with van der Waals surface area (Å²) in [6, 6.07) is 32.8. The van der Waals surface area contributed by atoms with Gasteiger partial charge in [-0.25, -0.2) is 5.01 Å². The SMILES string of the molecule is Brc1ccc2c(c1)[C@H]1CC(c3cccc4ccccc34)=NN1C1(CCC(c3ccccc3)CC1)O2. The number of fused-ring (bicyclic) bond motifs is 5. The second-order valence-corrected chi connectivity index (χ2v) is 11.0. The Hall–Kier alpha value is -3.11. The van der Waals surface area contributed by atoms with Crippen molar-refractivity contribution in [1.29, 1.82) is 0 Å². The molecule has 1 saturated carbocycles. The van der Waals surface area contributed by atoms with E-state index >= 15 is 0 Å². The lowest BCUT2D eigenvalue weighted by Gasteiger charge is -2.50. The summed E-state index contributed by atoms with van der Waals surface area (Å²) in [7, 11) is 0. The molecule has 4 heteroatoms. The summed E-state index contributed by atoms with van der Waals surface area (Å²) in [4.78, 5) is 0. The highest BCUT2D eigenvalue weighted by Gasteiger charge is 2.52. The van der Waals surface area contributed by atoms with Crippen LogP contribution >= 0.6 is 15.9 Å². The smallest absolute Gasteiger partial charge is 0.198 e. The van der Waals surface area contributed by atoms with Crippen LogP contribution in [0.4, 0.5) is 0 Å². The van der Waals surface area contributed by atoms with Crippen molar-refractivity contribution in [2.75, 3.05) is 0 Å². The van der Waals surface area contributed by atoms with Crippen molar-refractivity contribution in [2.45, 2.75) is 49.8 Å². The Bertz CT molecular complexity index is 1430. The second kappa shape index (κ2) is 8.23. The van der Waals surface area contributed by atoms with Crippen LogP contribution < -0.4 is 4.74 Å². The van der Waals surface area contributed by atoms with Crippen molar-refractivity contribution in [3.05, 3.63) is 112 Å². The Morgan fingerprint density at radius 1 is 0.857 bits per heavy atom. The van der Waals surface area contributed by atoms with Gasteiger partial charge in [0.15, 0.2) is 5.72 Å². The van der Waals surface area contributed by atoms with Crippen molar-refractivity contribution >= 4 is 32.4 Å². The van der Waals surface area contributed by atoms with E-state index in [1.807, 2.05) is 0 Å². The molecule has 3 aliphatic rings. The van der Waals surface area contributed by atoms with Crippen molar-refractivity contribution in [2.24, 2.45) is 5.10 Å². The number of halogens is 1. The Labute approximate surface area is 214 Å². The molecule has 4 aromatic carbocycles. The summed E-state index contributed by atoms with van der Waals surface area (Å²) in [5, 5.41) is 10.2. The molecule has 0 amide bonds. The van der Waals surface area contributed by atoms with Crippen LogP contribution in [0.1, 0.15) is 60.8 Å². The molecule has 3 nitrogen and oxygen atoms in total. The molecular weight excluding hydrogens is 496 g/mol. The average Bonchev–Trinajstić information content (AvgIpc) is 3.37. The Balaban J connectivity index is 1.29. The van der Waals surface area contributed by atoms with Crippen molar-refractivity contribution < 1.29 is 4.74 Å². The first kappa shape index (κ1) is 21.2. The Kier molecular flexibility index (Phi) is 4.99. The van der Waals surface area contributed by atoms with Crippen LogP contribution in [0.5, 0.6) is 5.75 Å². The summed E-state index contributed by atoms with van der Waals surface area (Å²) in [5.41, 5.74) is 4.69. The molecule has 0 N–H and O–H groups in total. The van der Waals surface area contributed by atoms with Gasteiger partial charge in [-0.15, -0.1) is 0 Å². The van der Waals surface area contributed by atoms with Crippen LogP contribution in [-0.2, 0) is 0 Å². The first-order valence-electron chi connectivity index (χ1n) is 12.6. The van der Waals surface area contributed by atoms with Gasteiger partial charge in [-0.05, 0) is 53.3 Å². The molecule has 35 heavy (non-hydrogen) atoms. The van der Waals surface area contributed by atoms with Crippen LogP contribution in [0.15, 0.2) is 101 Å². The normalized spacial score (nSPS) is 25.2. The van der Waals surface area contributed by atoms with Gasteiger partial charge in [-0.2, -0.15) is 5.10 Å². The third-order valence-corrected chi connectivity index (χ3v) is 8.59. The number of hydrogen-bond donors (Lipinski definition) is 0. The molecule has 0 unspecified atom stereocenters. The number of ether oxygens (including phenoxy) is 1. The van der Waals surface area contributed by atoms with Crippen LogP contribution in [0.2, 0.25) is 0 Å². The fourth-order valence-electron chi connectivity index (χ4n) is 6.35. The topological polar surface area (TPSA) is 24.8 Å². The molecule has 2 heterocycles. The molecule has 1 aliphatic carbocycles. The second-order valence-electron chi connectivity index (χ2n) is 10.1. The van der Waals surface area contributed by atoms with Gasteiger partial charge in [0.1, 0.15) is 5.75 Å². The van der Waals surface area contributed by atoms with E-state index in [1.54, 1.807) is 0 Å². The van der Waals surface area contributed by atoms with E-state index in [0.29, 0.717) is 5.92 Å². The zero-order valence-electron chi connectivity index (χ0n) is 19.5. The van der Waals surface area contributed by atoms with Gasteiger partial charge in [0.2, 0.25) is 0 Å². The molecule has 0 bridgehead atoms. The highest BCUT2D eigenvalue weighted by atomic mass is 79.9. The lowest BCUT2D eigenvalue weighted by atomic mass is 9.78. The monoisotopic (exact) mass is 522 g/mol. The standard InChI is InChI=1S/C31H27BrN2O/c32-24-13-14-30-27(19-24)29-20-28(26-12-6-10-23-9-4-5-11-25(23)26)33-34(29)31(35-30)17-15-22(16-18-31)21-7-2-1-3-8-21/h1-14,19,22,29H,15-18,20H2/t22?,29-,31?/m1/s1. The third-order valence-electron chi connectivity index (χ3n) is 8.10. The van der Waals surface area contributed by atoms with Crippen molar-refractivity contribution in [1.82, 2.24) is 5.01 Å². The van der Waals surface area contributed by atoms with Gasteiger partial charge in [-0.3, -0.25) is 0 Å². The summed E-state index contributed by atoms with van der Waals surface area (Å²) < 4.78 is 7.97. The van der Waals surface area contributed by atoms with E-state index in [9.17, 15) is 0 Å². The average molecular weight is 523 g/mol. The van der Waals surface area contributed by atoms with Crippen LogP contribution in [0.3, 0.4) is 0 Å². The lowest BCUT2D eigenvalue weighted by molar-refractivity contribution is -0.142. The highest BCUT2D eigenvalue weighted by Crippen LogP contribution is 2.53. The van der Waals surface area contributed by atoms with E-state index in [4.69, 9.17) is 9.84 Å². The molecule has 174 valence electrons. The fraction of sp³-hybridized carbons (Fsp3) is 0.258. The molecule has 0 aromatic heterocycles. The number of nitrogens with zero attached hydrogens (tertiary/aromatic N) is 2. The quantitative estimate of drug-likeness (QED) is 0.265. The molecular formula is C31H27BrN2O. The minimum absolute atomic E-state index is 0.193. The zero-order valence-corrected chi connectivity index (χ0v) is 21.1.